The van der Waals surface area contributed by atoms with Gasteiger partial charge in [-0.15, -0.1) is 0 Å². The van der Waals surface area contributed by atoms with Crippen LogP contribution in [0.1, 0.15) is 20.3 Å². The van der Waals surface area contributed by atoms with Gasteiger partial charge in [0.25, 0.3) is 5.91 Å². The maximum absolute atomic E-state index is 11.1. The molecule has 0 aliphatic rings. The molecule has 0 aromatic heterocycles. The van der Waals surface area contributed by atoms with Gasteiger partial charge in [-0.05, 0) is 12.3 Å². The number of hydrogen-bond donors (Lipinski definition) is 0. The molecule has 0 rings (SSSR count). The van der Waals surface area contributed by atoms with Crippen molar-refractivity contribution in [2.45, 2.75) is 26.3 Å². The van der Waals surface area contributed by atoms with Crippen LogP contribution in [0.5, 0.6) is 0 Å². The molecule has 0 fully saturated rings. The molecule has 0 spiro atoms. The van der Waals surface area contributed by atoms with Gasteiger partial charge in [0.05, 0.1) is 7.11 Å². The largest absolute Gasteiger partial charge is 0.453 e. The smallest absolute Gasteiger partial charge is 0.409 e. The Bertz CT molecular complexity index is 216. The molecule has 0 aliphatic heterocycles. The van der Waals surface area contributed by atoms with Gasteiger partial charge in [0.1, 0.15) is 6.04 Å². The second-order valence-electron chi connectivity index (χ2n) is 3.59. The van der Waals surface area contributed by atoms with E-state index in [1.165, 1.54) is 14.2 Å². The van der Waals surface area contributed by atoms with Crippen LogP contribution in [-0.2, 0) is 9.53 Å². The van der Waals surface area contributed by atoms with E-state index in [2.05, 4.69) is 4.74 Å². The first kappa shape index (κ1) is 12.7. The van der Waals surface area contributed by atoms with Gasteiger partial charge in [0, 0.05) is 7.05 Å². The molecule has 0 saturated carbocycles. The highest BCUT2D eigenvalue weighted by Crippen LogP contribution is 2.11. The average Bonchev–Trinajstić information content (AvgIpc) is 2.11. The van der Waals surface area contributed by atoms with Crippen LogP contribution in [0.15, 0.2) is 0 Å². The highest BCUT2D eigenvalue weighted by molar-refractivity contribution is 5.83. The minimum Gasteiger partial charge on any atom is -0.453 e. The predicted octanol–water partition coefficient (Wildman–Crippen LogP) is 0.909. The van der Waals surface area contributed by atoms with Gasteiger partial charge in [0.2, 0.25) is 0 Å². The lowest BCUT2D eigenvalue weighted by molar-refractivity contribution is -0.123. The van der Waals surface area contributed by atoms with Gasteiger partial charge in [-0.2, -0.15) is 0 Å². The summed E-state index contributed by atoms with van der Waals surface area (Å²) in [6.07, 6.45) is -0.107. The molecule has 1 radical (unpaired) electrons. The van der Waals surface area contributed by atoms with Crippen molar-refractivity contribution in [2.24, 2.45) is 5.92 Å². The van der Waals surface area contributed by atoms with Crippen LogP contribution in [0.3, 0.4) is 0 Å². The van der Waals surface area contributed by atoms with E-state index in [9.17, 15) is 9.59 Å². The lowest BCUT2D eigenvalue weighted by Gasteiger charge is -2.25. The summed E-state index contributed by atoms with van der Waals surface area (Å²) >= 11 is 0. The number of amides is 2. The molecular weight excluding hydrogens is 184 g/mol. The summed E-state index contributed by atoms with van der Waals surface area (Å²) in [5, 5.41) is 0. The van der Waals surface area contributed by atoms with Crippen LogP contribution in [0.2, 0.25) is 0 Å². The zero-order valence-electron chi connectivity index (χ0n) is 9.03. The van der Waals surface area contributed by atoms with E-state index in [-0.39, 0.29) is 5.92 Å². The van der Waals surface area contributed by atoms with Crippen molar-refractivity contribution in [3.8, 4) is 0 Å². The van der Waals surface area contributed by atoms with Crippen LogP contribution in [0.4, 0.5) is 4.79 Å². The summed E-state index contributed by atoms with van der Waals surface area (Å²) in [5.74, 6) is -0.506. The average molecular weight is 201 g/mol. The van der Waals surface area contributed by atoms with Crippen molar-refractivity contribution in [3.63, 3.8) is 0 Å². The molecule has 0 saturated heterocycles. The monoisotopic (exact) mass is 201 g/mol. The quantitative estimate of drug-likeness (QED) is 0.678. The number of hydrogen-bond acceptors (Lipinski definition) is 3. The molecule has 0 aliphatic carbocycles. The van der Waals surface area contributed by atoms with Crippen LogP contribution in [-0.4, -0.2) is 37.1 Å². The topological polar surface area (TPSA) is 70.4 Å². The summed E-state index contributed by atoms with van der Waals surface area (Å²) < 4.78 is 4.48. The van der Waals surface area contributed by atoms with Gasteiger partial charge < -0.3 is 4.74 Å². The zero-order chi connectivity index (χ0) is 11.3. The molecule has 2 amide bonds. The number of rotatable bonds is 4. The summed E-state index contributed by atoms with van der Waals surface area (Å²) in [5.41, 5.74) is 7.04. The van der Waals surface area contributed by atoms with E-state index in [0.29, 0.717) is 6.42 Å². The summed E-state index contributed by atoms with van der Waals surface area (Å²) in [6.45, 7) is 3.86. The van der Waals surface area contributed by atoms with E-state index in [1.54, 1.807) is 0 Å². The second-order valence-corrected chi connectivity index (χ2v) is 3.59. The summed E-state index contributed by atoms with van der Waals surface area (Å²) in [6, 6.07) is -0.706. The third kappa shape index (κ3) is 3.64. The number of ether oxygens (including phenoxy) is 1. The van der Waals surface area contributed by atoms with E-state index in [4.69, 9.17) is 5.73 Å². The molecule has 14 heavy (non-hydrogen) atoms. The molecule has 5 heteroatoms. The van der Waals surface area contributed by atoms with Crippen molar-refractivity contribution in [3.05, 3.63) is 0 Å². The predicted molar refractivity (Wildman–Crippen MR) is 51.5 cm³/mol. The van der Waals surface area contributed by atoms with Gasteiger partial charge in [-0.1, -0.05) is 13.8 Å². The number of carbonyl (C=O) groups is 2. The van der Waals surface area contributed by atoms with Crippen LogP contribution in [0.25, 0.3) is 0 Å². The molecule has 0 heterocycles. The van der Waals surface area contributed by atoms with Gasteiger partial charge in [0.15, 0.2) is 0 Å². The van der Waals surface area contributed by atoms with Crippen LogP contribution >= 0.6 is 0 Å². The third-order valence-electron chi connectivity index (χ3n) is 1.93. The molecule has 0 bridgehead atoms. The molecule has 81 valence electrons. The fraction of sp³-hybridized carbons (Fsp3) is 0.778. The first-order valence-corrected chi connectivity index (χ1v) is 4.46. The van der Waals surface area contributed by atoms with Crippen molar-refractivity contribution < 1.29 is 14.3 Å². The number of carbonyl (C=O) groups excluding carboxylic acids is 2. The second kappa shape index (κ2) is 5.47. The first-order chi connectivity index (χ1) is 6.40. The number of methoxy groups -OCH3 is 1. The van der Waals surface area contributed by atoms with E-state index < -0.39 is 18.0 Å². The van der Waals surface area contributed by atoms with Crippen LogP contribution < -0.4 is 5.73 Å². The molecule has 0 aromatic carbocycles. The first-order valence-electron chi connectivity index (χ1n) is 4.46. The minimum absolute atomic E-state index is 0.251. The fourth-order valence-electron chi connectivity index (χ4n) is 1.16. The van der Waals surface area contributed by atoms with Gasteiger partial charge in [-0.25, -0.2) is 4.79 Å². The fourth-order valence-corrected chi connectivity index (χ4v) is 1.16. The Kier molecular flexibility index (Phi) is 4.97. The van der Waals surface area contributed by atoms with Crippen molar-refractivity contribution >= 4 is 12.0 Å². The minimum atomic E-state index is -0.758. The normalized spacial score (nSPS) is 12.4. The Morgan fingerprint density at radius 3 is 2.21 bits per heavy atom. The SMILES string of the molecule is COC(=O)N(C)C(CC(C)C)C([NH])=O. The molecule has 1 atom stereocenters. The van der Waals surface area contributed by atoms with E-state index in [1.807, 2.05) is 13.8 Å². The Labute approximate surface area is 84.2 Å². The van der Waals surface area contributed by atoms with Crippen LogP contribution in [0, 0.1) is 5.92 Å². The number of nitrogens with zero attached hydrogens (tertiary/aromatic N) is 1. The van der Waals surface area contributed by atoms with E-state index in [0.717, 1.165) is 4.90 Å². The highest BCUT2D eigenvalue weighted by atomic mass is 16.5. The summed E-state index contributed by atoms with van der Waals surface area (Å²) in [7, 11) is 2.71. The lowest BCUT2D eigenvalue weighted by atomic mass is 10.0. The molecule has 5 nitrogen and oxygen atoms in total. The maximum Gasteiger partial charge on any atom is 0.409 e. The molecule has 0 aromatic rings. The molecular formula is C9H17N2O3. The lowest BCUT2D eigenvalue weighted by Crippen LogP contribution is -2.43. The Morgan fingerprint density at radius 2 is 1.93 bits per heavy atom. The molecule has 1 N–H and O–H groups in total. The highest BCUT2D eigenvalue weighted by Gasteiger charge is 2.26. The van der Waals surface area contributed by atoms with E-state index >= 15 is 0 Å². The zero-order valence-corrected chi connectivity index (χ0v) is 9.03. The Morgan fingerprint density at radius 1 is 1.43 bits per heavy atom. The van der Waals surface area contributed by atoms with Crippen molar-refractivity contribution in [1.29, 1.82) is 0 Å². The number of nitrogens with one attached hydrogen (secondary N) is 1. The maximum atomic E-state index is 11.1. The van der Waals surface area contributed by atoms with Crippen molar-refractivity contribution in [1.82, 2.24) is 10.6 Å². The Balaban J connectivity index is 4.48. The standard InChI is InChI=1S/C9H17N2O3/c1-6(2)5-7(8(10)12)11(3)9(13)14-4/h6-7,10H,5H2,1-4H3. The van der Waals surface area contributed by atoms with Gasteiger partial charge >= 0.3 is 6.09 Å². The number of likely N-dealkylation sites (N-methyl/N-ethyl adjacent to an activating group) is 1. The summed E-state index contributed by atoms with van der Waals surface area (Å²) in [4.78, 5) is 23.2. The Hall–Kier alpha value is -1.26. The molecule has 1 unspecified atom stereocenters. The van der Waals surface area contributed by atoms with Gasteiger partial charge in [-0.3, -0.25) is 15.4 Å². The van der Waals surface area contributed by atoms with Crippen molar-refractivity contribution in [2.75, 3.05) is 14.2 Å². The third-order valence-corrected chi connectivity index (χ3v) is 1.93.